The number of amides is 4. The molecule has 0 spiro atoms. The zero-order valence-electron chi connectivity index (χ0n) is 12.1. The number of hydrogen-bond acceptors (Lipinski definition) is 3. The van der Waals surface area contributed by atoms with E-state index in [2.05, 4.69) is 5.32 Å². The fourth-order valence-corrected chi connectivity index (χ4v) is 2.79. The molecule has 1 unspecified atom stereocenters. The molecule has 1 aromatic carbocycles. The van der Waals surface area contributed by atoms with Crippen LogP contribution in [0.4, 0.5) is 4.79 Å². The second-order valence-electron chi connectivity index (χ2n) is 5.39. The van der Waals surface area contributed by atoms with Gasteiger partial charge in [-0.15, -0.1) is 0 Å². The number of rotatable bonds is 3. The number of urea groups is 1. The molecule has 1 aromatic rings. The third kappa shape index (κ3) is 2.86. The lowest BCUT2D eigenvalue weighted by molar-refractivity contribution is -0.128. The Kier molecular flexibility index (Phi) is 3.91. The second-order valence-corrected chi connectivity index (χ2v) is 5.39. The maximum atomic E-state index is 12.2. The molecule has 0 bridgehead atoms. The Morgan fingerprint density at radius 1 is 1.23 bits per heavy atom. The normalized spacial score (nSPS) is 21.7. The van der Waals surface area contributed by atoms with E-state index in [1.165, 1.54) is 11.0 Å². The summed E-state index contributed by atoms with van der Waals surface area (Å²) in [6.07, 6.45) is 3.93. The molecule has 2 saturated heterocycles. The van der Waals surface area contributed by atoms with Crippen molar-refractivity contribution in [2.45, 2.75) is 12.5 Å². The van der Waals surface area contributed by atoms with Crippen LogP contribution in [0.5, 0.6) is 0 Å². The van der Waals surface area contributed by atoms with Crippen molar-refractivity contribution >= 4 is 23.9 Å². The number of likely N-dealkylation sites (tertiary alicyclic amines) is 1. The smallest absolute Gasteiger partial charge is 0.324 e. The van der Waals surface area contributed by atoms with Crippen LogP contribution in [0, 0.1) is 0 Å². The SMILES string of the molecule is O=C(/C=C/c1ccccc1)N1CCC(N2C(=O)CNC2=O)C1. The van der Waals surface area contributed by atoms with E-state index in [0.717, 1.165) is 5.56 Å². The van der Waals surface area contributed by atoms with Crippen LogP contribution < -0.4 is 5.32 Å². The second kappa shape index (κ2) is 6.01. The minimum Gasteiger partial charge on any atom is -0.337 e. The lowest BCUT2D eigenvalue weighted by Crippen LogP contribution is -2.42. The van der Waals surface area contributed by atoms with Crippen molar-refractivity contribution < 1.29 is 14.4 Å². The van der Waals surface area contributed by atoms with Gasteiger partial charge in [-0.25, -0.2) is 4.79 Å². The molecule has 6 nitrogen and oxygen atoms in total. The van der Waals surface area contributed by atoms with Crippen molar-refractivity contribution in [2.24, 2.45) is 0 Å². The van der Waals surface area contributed by atoms with Gasteiger partial charge in [-0.1, -0.05) is 30.3 Å². The summed E-state index contributed by atoms with van der Waals surface area (Å²) in [5.74, 6) is -0.317. The van der Waals surface area contributed by atoms with Gasteiger partial charge in [0, 0.05) is 19.2 Å². The molecule has 4 amide bonds. The third-order valence-electron chi connectivity index (χ3n) is 3.94. The Morgan fingerprint density at radius 3 is 2.68 bits per heavy atom. The highest BCUT2D eigenvalue weighted by Gasteiger charge is 2.39. The van der Waals surface area contributed by atoms with Gasteiger partial charge in [0.15, 0.2) is 0 Å². The molecule has 114 valence electrons. The van der Waals surface area contributed by atoms with Gasteiger partial charge >= 0.3 is 6.03 Å². The molecule has 2 heterocycles. The predicted molar refractivity (Wildman–Crippen MR) is 80.7 cm³/mol. The molecule has 1 atom stereocenters. The number of nitrogens with zero attached hydrogens (tertiary/aromatic N) is 2. The highest BCUT2D eigenvalue weighted by atomic mass is 16.2. The topological polar surface area (TPSA) is 69.7 Å². The van der Waals surface area contributed by atoms with E-state index in [-0.39, 0.29) is 30.4 Å². The Labute approximate surface area is 128 Å². The van der Waals surface area contributed by atoms with E-state index < -0.39 is 0 Å². The largest absolute Gasteiger partial charge is 0.337 e. The first kappa shape index (κ1) is 14.3. The molecule has 0 saturated carbocycles. The first-order chi connectivity index (χ1) is 10.6. The van der Waals surface area contributed by atoms with Crippen molar-refractivity contribution in [3.8, 4) is 0 Å². The average Bonchev–Trinajstić information content (AvgIpc) is 3.13. The molecule has 0 aromatic heterocycles. The molecule has 1 N–H and O–H groups in total. The number of benzene rings is 1. The van der Waals surface area contributed by atoms with E-state index in [0.29, 0.717) is 19.5 Å². The first-order valence-corrected chi connectivity index (χ1v) is 7.27. The highest BCUT2D eigenvalue weighted by molar-refractivity contribution is 6.02. The first-order valence-electron chi connectivity index (χ1n) is 7.27. The van der Waals surface area contributed by atoms with Crippen LogP contribution in [-0.4, -0.2) is 53.3 Å². The summed E-state index contributed by atoms with van der Waals surface area (Å²) < 4.78 is 0. The van der Waals surface area contributed by atoms with Crippen molar-refractivity contribution in [2.75, 3.05) is 19.6 Å². The van der Waals surface area contributed by atoms with E-state index >= 15 is 0 Å². The van der Waals surface area contributed by atoms with Gasteiger partial charge in [0.1, 0.15) is 0 Å². The summed E-state index contributed by atoms with van der Waals surface area (Å²) >= 11 is 0. The fourth-order valence-electron chi connectivity index (χ4n) is 2.79. The third-order valence-corrected chi connectivity index (χ3v) is 3.94. The minimum atomic E-state index is -0.357. The zero-order chi connectivity index (χ0) is 15.5. The molecule has 3 rings (SSSR count). The zero-order valence-corrected chi connectivity index (χ0v) is 12.1. The quantitative estimate of drug-likeness (QED) is 0.664. The van der Waals surface area contributed by atoms with Crippen LogP contribution in [0.2, 0.25) is 0 Å². The fraction of sp³-hybridized carbons (Fsp3) is 0.312. The molecule has 22 heavy (non-hydrogen) atoms. The maximum absolute atomic E-state index is 12.2. The summed E-state index contributed by atoms with van der Waals surface area (Å²) in [5, 5.41) is 2.51. The van der Waals surface area contributed by atoms with E-state index in [4.69, 9.17) is 0 Å². The van der Waals surface area contributed by atoms with Crippen molar-refractivity contribution in [3.05, 3.63) is 42.0 Å². The van der Waals surface area contributed by atoms with E-state index in [9.17, 15) is 14.4 Å². The van der Waals surface area contributed by atoms with Gasteiger partial charge in [0.05, 0.1) is 12.6 Å². The van der Waals surface area contributed by atoms with Crippen molar-refractivity contribution in [1.29, 1.82) is 0 Å². The highest BCUT2D eigenvalue weighted by Crippen LogP contribution is 2.18. The van der Waals surface area contributed by atoms with Gasteiger partial charge in [0.2, 0.25) is 11.8 Å². The van der Waals surface area contributed by atoms with Gasteiger partial charge in [-0.05, 0) is 18.1 Å². The summed E-state index contributed by atoms with van der Waals surface area (Å²) in [4.78, 5) is 38.4. The Hall–Kier alpha value is -2.63. The van der Waals surface area contributed by atoms with Gasteiger partial charge < -0.3 is 10.2 Å². The van der Waals surface area contributed by atoms with Crippen LogP contribution >= 0.6 is 0 Å². The standard InChI is InChI=1S/C16H17N3O3/c20-14(7-6-12-4-2-1-3-5-12)18-9-8-13(11-18)19-15(21)10-17-16(19)22/h1-7,13H,8-11H2,(H,17,22)/b7-6+. The summed E-state index contributed by atoms with van der Waals surface area (Å²) in [5.41, 5.74) is 0.959. The van der Waals surface area contributed by atoms with E-state index in [1.54, 1.807) is 11.0 Å². The Balaban J connectivity index is 1.60. The van der Waals surface area contributed by atoms with E-state index in [1.807, 2.05) is 30.3 Å². The van der Waals surface area contributed by atoms with Crippen LogP contribution in [-0.2, 0) is 9.59 Å². The Morgan fingerprint density at radius 2 is 2.00 bits per heavy atom. The van der Waals surface area contributed by atoms with Crippen LogP contribution in [0.1, 0.15) is 12.0 Å². The molecule has 2 aliphatic rings. The molecule has 2 aliphatic heterocycles. The summed E-state index contributed by atoms with van der Waals surface area (Å²) in [7, 11) is 0. The van der Waals surface area contributed by atoms with Crippen molar-refractivity contribution in [1.82, 2.24) is 15.1 Å². The number of carbonyl (C=O) groups is 3. The monoisotopic (exact) mass is 299 g/mol. The summed E-state index contributed by atoms with van der Waals surface area (Å²) in [6.45, 7) is 1.01. The molecule has 0 radical (unpaired) electrons. The lowest BCUT2D eigenvalue weighted by Gasteiger charge is -2.20. The van der Waals surface area contributed by atoms with Gasteiger partial charge in [0.25, 0.3) is 0 Å². The number of carbonyl (C=O) groups excluding carboxylic acids is 3. The Bertz CT molecular complexity index is 611. The van der Waals surface area contributed by atoms with Gasteiger partial charge in [-0.2, -0.15) is 0 Å². The molecule has 0 aliphatic carbocycles. The average molecular weight is 299 g/mol. The van der Waals surface area contributed by atoms with Crippen LogP contribution in [0.25, 0.3) is 6.08 Å². The number of imide groups is 1. The molecular formula is C16H17N3O3. The number of hydrogen-bond donors (Lipinski definition) is 1. The molecule has 2 fully saturated rings. The van der Waals surface area contributed by atoms with Crippen molar-refractivity contribution in [3.63, 3.8) is 0 Å². The molecular weight excluding hydrogens is 282 g/mol. The van der Waals surface area contributed by atoms with Crippen LogP contribution in [0.15, 0.2) is 36.4 Å². The number of nitrogens with one attached hydrogen (secondary N) is 1. The predicted octanol–water partition coefficient (Wildman–Crippen LogP) is 0.853. The van der Waals surface area contributed by atoms with Gasteiger partial charge in [-0.3, -0.25) is 14.5 Å². The lowest BCUT2D eigenvalue weighted by atomic mass is 10.2. The minimum absolute atomic E-state index is 0.0528. The maximum Gasteiger partial charge on any atom is 0.324 e. The molecule has 6 heteroatoms. The van der Waals surface area contributed by atoms with Crippen LogP contribution in [0.3, 0.4) is 0 Å². The summed E-state index contributed by atoms with van der Waals surface area (Å²) in [6, 6.07) is 9.00.